The summed E-state index contributed by atoms with van der Waals surface area (Å²) in [5.41, 5.74) is -0.949. The summed E-state index contributed by atoms with van der Waals surface area (Å²) >= 11 is 16.8. The van der Waals surface area contributed by atoms with Crippen LogP contribution in [0.1, 0.15) is 31.4 Å². The Kier molecular flexibility index (Phi) is 8.10. The Bertz CT molecular complexity index is 967. The first kappa shape index (κ1) is 25.1. The number of halogens is 7. The second-order valence-corrected chi connectivity index (χ2v) is 8.23. The number of rotatable bonds is 1. The SMILES string of the molecule is Clc1cccnc1Cl.N#CC1CC(F)(F)C1.[C-]#[N+]C1(c2ncccc2Cl)CC(F)(F)C1. The molecule has 2 aromatic heterocycles. The fourth-order valence-electron chi connectivity index (χ4n) is 2.95. The molecular weight excluding hydrogens is 479 g/mol. The van der Waals surface area contributed by atoms with Gasteiger partial charge in [-0.2, -0.15) is 5.26 Å². The van der Waals surface area contributed by atoms with Gasteiger partial charge in [-0.25, -0.2) is 29.1 Å². The second kappa shape index (κ2) is 9.99. The van der Waals surface area contributed by atoms with Gasteiger partial charge in [-0.3, -0.25) is 4.98 Å². The van der Waals surface area contributed by atoms with E-state index in [9.17, 15) is 17.6 Å². The molecule has 0 atom stereocenters. The van der Waals surface area contributed by atoms with E-state index in [1.807, 2.05) is 0 Å². The second-order valence-electron chi connectivity index (χ2n) is 7.05. The zero-order chi connectivity index (χ0) is 23.3. The topological polar surface area (TPSA) is 53.9 Å². The highest BCUT2D eigenvalue weighted by molar-refractivity contribution is 6.41. The molecule has 0 spiro atoms. The molecule has 0 aliphatic heterocycles. The van der Waals surface area contributed by atoms with Gasteiger partial charge >= 0.3 is 0 Å². The molecule has 4 rings (SSSR count). The van der Waals surface area contributed by atoms with Gasteiger partial charge in [-0.1, -0.05) is 34.8 Å². The van der Waals surface area contributed by atoms with Crippen LogP contribution in [0.5, 0.6) is 0 Å². The Morgan fingerprint density at radius 3 is 1.84 bits per heavy atom. The molecule has 0 amide bonds. The van der Waals surface area contributed by atoms with E-state index in [1.54, 1.807) is 36.5 Å². The fraction of sp³-hybridized carbons (Fsp3) is 0.400. The molecule has 0 unspecified atom stereocenters. The number of nitrogens with zero attached hydrogens (tertiary/aromatic N) is 4. The van der Waals surface area contributed by atoms with Crippen molar-refractivity contribution < 1.29 is 17.6 Å². The zero-order valence-corrected chi connectivity index (χ0v) is 18.1. The monoisotopic (exact) mass is 492 g/mol. The third-order valence-corrected chi connectivity index (χ3v) is 5.51. The van der Waals surface area contributed by atoms with E-state index in [0.29, 0.717) is 10.2 Å². The number of aromatic nitrogens is 2. The summed E-state index contributed by atoms with van der Waals surface area (Å²) in [6, 6.07) is 8.37. The molecule has 0 aromatic carbocycles. The van der Waals surface area contributed by atoms with Crippen molar-refractivity contribution in [3.63, 3.8) is 0 Å². The molecule has 2 saturated carbocycles. The molecule has 11 heteroatoms. The molecule has 2 fully saturated rings. The number of hydrogen-bond acceptors (Lipinski definition) is 3. The summed E-state index contributed by atoms with van der Waals surface area (Å²) in [5, 5.41) is 9.17. The minimum atomic E-state index is -2.76. The van der Waals surface area contributed by atoms with E-state index in [-0.39, 0.29) is 29.5 Å². The van der Waals surface area contributed by atoms with Crippen LogP contribution in [0.2, 0.25) is 15.2 Å². The first-order valence-corrected chi connectivity index (χ1v) is 9.98. The molecule has 0 saturated heterocycles. The summed E-state index contributed by atoms with van der Waals surface area (Å²) in [4.78, 5) is 10.9. The van der Waals surface area contributed by atoms with Crippen LogP contribution in [0.3, 0.4) is 0 Å². The van der Waals surface area contributed by atoms with Gasteiger partial charge in [0.2, 0.25) is 0 Å². The standard InChI is InChI=1S/C10H7ClF2N2.C5H3Cl2N.C5H5F2N/c1-14-9(5-10(12,13)6-9)8-7(11)3-2-4-15-8;6-4-2-1-3-8-5(4)7;6-5(7)1-4(2-5)3-8/h2-4H,5-6H2;1-3H;4H,1-2H2. The molecule has 0 bridgehead atoms. The van der Waals surface area contributed by atoms with Crippen LogP contribution in [0, 0.1) is 23.8 Å². The molecule has 2 heterocycles. The Morgan fingerprint density at radius 1 is 0.968 bits per heavy atom. The molecule has 0 radical (unpaired) electrons. The van der Waals surface area contributed by atoms with E-state index < -0.39 is 30.2 Å². The maximum Gasteiger partial charge on any atom is 0.286 e. The number of pyridine rings is 2. The summed E-state index contributed by atoms with van der Waals surface area (Å²) in [7, 11) is 0. The van der Waals surface area contributed by atoms with Crippen LogP contribution in [0.25, 0.3) is 4.85 Å². The van der Waals surface area contributed by atoms with Crippen molar-refractivity contribution >= 4 is 34.8 Å². The normalized spacial score (nSPS) is 19.5. The van der Waals surface area contributed by atoms with Gasteiger partial charge in [-0.05, 0) is 24.3 Å². The summed E-state index contributed by atoms with van der Waals surface area (Å²) in [5.74, 6) is -5.67. The lowest BCUT2D eigenvalue weighted by molar-refractivity contribution is -0.113. The van der Waals surface area contributed by atoms with E-state index >= 15 is 0 Å². The molecule has 31 heavy (non-hydrogen) atoms. The van der Waals surface area contributed by atoms with Crippen molar-refractivity contribution in [3.05, 3.63) is 69.0 Å². The zero-order valence-electron chi connectivity index (χ0n) is 15.8. The summed E-state index contributed by atoms with van der Waals surface area (Å²) < 4.78 is 49.3. The van der Waals surface area contributed by atoms with Crippen molar-refractivity contribution in [1.82, 2.24) is 9.97 Å². The van der Waals surface area contributed by atoms with Gasteiger partial charge in [0.1, 0.15) is 10.8 Å². The average molecular weight is 494 g/mol. The number of nitriles is 1. The van der Waals surface area contributed by atoms with Gasteiger partial charge in [-0.15, -0.1) is 0 Å². The van der Waals surface area contributed by atoms with Gasteiger partial charge in [0.05, 0.1) is 34.9 Å². The minimum absolute atomic E-state index is 0.233. The van der Waals surface area contributed by atoms with E-state index in [0.717, 1.165) is 0 Å². The summed E-state index contributed by atoms with van der Waals surface area (Å²) in [6.07, 6.45) is 1.62. The first-order valence-electron chi connectivity index (χ1n) is 8.84. The van der Waals surface area contributed by atoms with Gasteiger partial charge < -0.3 is 4.85 Å². The number of alkyl halides is 4. The Hall–Kier alpha value is -2.13. The predicted octanol–water partition coefficient (Wildman–Crippen LogP) is 7.22. The van der Waals surface area contributed by atoms with Crippen LogP contribution < -0.4 is 0 Å². The van der Waals surface area contributed by atoms with Crippen LogP contribution in [0.15, 0.2) is 36.7 Å². The smallest absolute Gasteiger partial charge is 0.286 e. The Labute approximate surface area is 191 Å². The predicted molar refractivity (Wildman–Crippen MR) is 109 cm³/mol. The highest BCUT2D eigenvalue weighted by Gasteiger charge is 2.65. The lowest BCUT2D eigenvalue weighted by Crippen LogP contribution is -2.47. The highest BCUT2D eigenvalue weighted by atomic mass is 35.5. The van der Waals surface area contributed by atoms with E-state index in [1.165, 1.54) is 6.20 Å². The molecule has 164 valence electrons. The quantitative estimate of drug-likeness (QED) is 0.239. The van der Waals surface area contributed by atoms with Crippen LogP contribution in [-0.2, 0) is 5.54 Å². The lowest BCUT2D eigenvalue weighted by Gasteiger charge is -2.37. The molecular formula is C20H15Cl3F4N4. The Morgan fingerprint density at radius 2 is 1.52 bits per heavy atom. The first-order chi connectivity index (χ1) is 14.4. The molecule has 2 aliphatic carbocycles. The largest absolute Gasteiger partial charge is 0.303 e. The molecule has 0 N–H and O–H groups in total. The van der Waals surface area contributed by atoms with Crippen molar-refractivity contribution in [2.45, 2.75) is 43.1 Å². The minimum Gasteiger partial charge on any atom is -0.303 e. The maximum absolute atomic E-state index is 12.8. The van der Waals surface area contributed by atoms with Gasteiger partial charge in [0.25, 0.3) is 17.4 Å². The molecule has 2 aliphatic rings. The van der Waals surface area contributed by atoms with Crippen molar-refractivity contribution in [2.75, 3.05) is 0 Å². The highest BCUT2D eigenvalue weighted by Crippen LogP contribution is 2.55. The van der Waals surface area contributed by atoms with Crippen molar-refractivity contribution in [3.8, 4) is 6.07 Å². The fourth-order valence-corrected chi connectivity index (χ4v) is 3.49. The summed E-state index contributed by atoms with van der Waals surface area (Å²) in [6.45, 7) is 7.01. The molecule has 2 aromatic rings. The third kappa shape index (κ3) is 6.67. The van der Waals surface area contributed by atoms with Crippen LogP contribution in [0.4, 0.5) is 17.6 Å². The van der Waals surface area contributed by atoms with Gasteiger partial charge in [0.15, 0.2) is 0 Å². The Balaban J connectivity index is 0.000000181. The van der Waals surface area contributed by atoms with Crippen LogP contribution >= 0.6 is 34.8 Å². The van der Waals surface area contributed by atoms with Gasteiger partial charge in [0, 0.05) is 25.2 Å². The average Bonchev–Trinajstić information content (AvgIpc) is 2.67. The van der Waals surface area contributed by atoms with E-state index in [2.05, 4.69) is 14.8 Å². The maximum atomic E-state index is 12.8. The van der Waals surface area contributed by atoms with Crippen LogP contribution in [-0.4, -0.2) is 21.8 Å². The van der Waals surface area contributed by atoms with Crippen molar-refractivity contribution in [1.29, 1.82) is 5.26 Å². The van der Waals surface area contributed by atoms with E-state index in [4.69, 9.17) is 46.6 Å². The third-order valence-electron chi connectivity index (χ3n) is 4.50. The number of hydrogen-bond donors (Lipinski definition) is 0. The van der Waals surface area contributed by atoms with Crippen molar-refractivity contribution in [2.24, 2.45) is 5.92 Å². The molecule has 4 nitrogen and oxygen atoms in total. The lowest BCUT2D eigenvalue weighted by atomic mass is 9.71.